The quantitative estimate of drug-likeness (QED) is 0.517. The van der Waals surface area contributed by atoms with Crippen molar-refractivity contribution in [2.24, 2.45) is 0 Å². The predicted octanol–water partition coefficient (Wildman–Crippen LogP) is 3.49. The fourth-order valence-electron chi connectivity index (χ4n) is 2.07. The molecule has 122 valence electrons. The number of thioether (sulfide) groups is 1. The van der Waals surface area contributed by atoms with E-state index >= 15 is 0 Å². The second kappa shape index (κ2) is 7.14. The second-order valence-electron chi connectivity index (χ2n) is 5.02. The topological polar surface area (TPSA) is 80.9 Å². The van der Waals surface area contributed by atoms with Crippen molar-refractivity contribution in [1.29, 1.82) is 0 Å². The van der Waals surface area contributed by atoms with Crippen molar-refractivity contribution in [3.05, 3.63) is 58.6 Å². The largest absolute Gasteiger partial charge is 0.508 e. The van der Waals surface area contributed by atoms with Gasteiger partial charge in [0.15, 0.2) is 5.78 Å². The summed E-state index contributed by atoms with van der Waals surface area (Å²) in [4.78, 5) is 12.5. The first kappa shape index (κ1) is 16.7. The molecule has 0 saturated carbocycles. The van der Waals surface area contributed by atoms with Crippen LogP contribution in [0.3, 0.4) is 0 Å². The van der Waals surface area contributed by atoms with E-state index in [2.05, 4.69) is 31.5 Å². The van der Waals surface area contributed by atoms with Gasteiger partial charge in [-0.3, -0.25) is 4.79 Å². The average Bonchev–Trinajstić information content (AvgIpc) is 3.03. The van der Waals surface area contributed by atoms with Crippen molar-refractivity contribution in [3.63, 3.8) is 0 Å². The van der Waals surface area contributed by atoms with E-state index < -0.39 is 0 Å². The van der Waals surface area contributed by atoms with Gasteiger partial charge in [-0.2, -0.15) is 4.68 Å². The number of hydrogen-bond acceptors (Lipinski definition) is 6. The summed E-state index contributed by atoms with van der Waals surface area (Å²) in [6.07, 6.45) is 0. The Kier molecular flexibility index (Phi) is 4.96. The van der Waals surface area contributed by atoms with Crippen molar-refractivity contribution in [2.45, 2.75) is 17.3 Å². The Bertz CT molecular complexity index is 849. The number of rotatable bonds is 5. The fraction of sp³-hybridized carbons (Fsp3) is 0.125. The molecule has 0 saturated heterocycles. The van der Waals surface area contributed by atoms with Crippen LogP contribution in [-0.2, 0) is 0 Å². The van der Waals surface area contributed by atoms with Crippen LogP contribution in [0.15, 0.2) is 58.2 Å². The molecule has 0 aliphatic heterocycles. The van der Waals surface area contributed by atoms with Gasteiger partial charge in [0.1, 0.15) is 5.75 Å². The van der Waals surface area contributed by atoms with Gasteiger partial charge in [0, 0.05) is 10.0 Å². The molecule has 24 heavy (non-hydrogen) atoms. The molecule has 6 nitrogen and oxygen atoms in total. The summed E-state index contributed by atoms with van der Waals surface area (Å²) >= 11 is 4.64. The van der Waals surface area contributed by atoms with Crippen molar-refractivity contribution in [3.8, 4) is 11.4 Å². The number of ketones is 1. The molecule has 8 heteroatoms. The minimum atomic E-state index is -0.340. The first-order valence-electron chi connectivity index (χ1n) is 7.09. The van der Waals surface area contributed by atoms with E-state index in [0.717, 1.165) is 4.47 Å². The van der Waals surface area contributed by atoms with Crippen LogP contribution in [-0.4, -0.2) is 36.3 Å². The smallest absolute Gasteiger partial charge is 0.214 e. The van der Waals surface area contributed by atoms with Crippen LogP contribution in [0, 0.1) is 0 Å². The maximum absolute atomic E-state index is 12.5. The van der Waals surface area contributed by atoms with Crippen LogP contribution in [0.5, 0.6) is 5.75 Å². The molecule has 0 bridgehead atoms. The van der Waals surface area contributed by atoms with Gasteiger partial charge in [-0.15, -0.1) is 5.10 Å². The molecular weight excluding hydrogens is 392 g/mol. The molecule has 0 amide bonds. The maximum atomic E-state index is 12.5. The van der Waals surface area contributed by atoms with Crippen LogP contribution in [0.2, 0.25) is 0 Å². The van der Waals surface area contributed by atoms with E-state index in [1.165, 1.54) is 16.4 Å². The predicted molar refractivity (Wildman–Crippen MR) is 94.6 cm³/mol. The van der Waals surface area contributed by atoms with Gasteiger partial charge in [0.2, 0.25) is 5.16 Å². The second-order valence-corrected chi connectivity index (χ2v) is 7.24. The zero-order valence-electron chi connectivity index (χ0n) is 12.6. The normalized spacial score (nSPS) is 12.1. The van der Waals surface area contributed by atoms with Gasteiger partial charge >= 0.3 is 0 Å². The number of carbonyl (C=O) groups is 1. The summed E-state index contributed by atoms with van der Waals surface area (Å²) in [6.45, 7) is 1.82. The number of aromatic nitrogens is 4. The van der Waals surface area contributed by atoms with Crippen LogP contribution >= 0.6 is 27.7 Å². The van der Waals surface area contributed by atoms with Crippen LogP contribution in [0.1, 0.15) is 17.3 Å². The molecule has 0 radical (unpaired) electrons. The fourth-order valence-corrected chi connectivity index (χ4v) is 3.22. The first-order valence-corrected chi connectivity index (χ1v) is 8.76. The summed E-state index contributed by atoms with van der Waals surface area (Å²) in [5.74, 6) is 0.174. The Morgan fingerprint density at radius 1 is 1.17 bits per heavy atom. The van der Waals surface area contributed by atoms with E-state index in [0.29, 0.717) is 16.4 Å². The lowest BCUT2D eigenvalue weighted by Gasteiger charge is -2.10. The molecule has 0 unspecified atom stereocenters. The number of carbonyl (C=O) groups excluding carboxylic acids is 1. The number of benzene rings is 2. The molecule has 2 aromatic carbocycles. The van der Waals surface area contributed by atoms with Crippen molar-refractivity contribution >= 4 is 33.5 Å². The van der Waals surface area contributed by atoms with Gasteiger partial charge in [0.25, 0.3) is 0 Å². The number of hydrogen-bond donors (Lipinski definition) is 1. The average molecular weight is 405 g/mol. The van der Waals surface area contributed by atoms with Crippen LogP contribution in [0.25, 0.3) is 5.69 Å². The molecular formula is C16H13BrN4O2S. The van der Waals surface area contributed by atoms with Gasteiger partial charge in [-0.05, 0) is 53.7 Å². The van der Waals surface area contributed by atoms with Gasteiger partial charge in [-0.25, -0.2) is 0 Å². The summed E-state index contributed by atoms with van der Waals surface area (Å²) in [7, 11) is 0. The Hall–Kier alpha value is -2.19. The molecule has 1 N–H and O–H groups in total. The number of phenolic OH excluding ortho intramolecular Hbond substituents is 1. The van der Waals surface area contributed by atoms with E-state index in [1.807, 2.05) is 19.1 Å². The Morgan fingerprint density at radius 2 is 1.83 bits per heavy atom. The summed E-state index contributed by atoms with van der Waals surface area (Å²) in [5.41, 5.74) is 1.35. The Balaban J connectivity index is 1.79. The first-order chi connectivity index (χ1) is 11.5. The zero-order chi connectivity index (χ0) is 17.1. The summed E-state index contributed by atoms with van der Waals surface area (Å²) in [5, 5.41) is 21.2. The van der Waals surface area contributed by atoms with Gasteiger partial charge in [-0.1, -0.05) is 39.8 Å². The highest BCUT2D eigenvalue weighted by Crippen LogP contribution is 2.26. The summed E-state index contributed by atoms with van der Waals surface area (Å²) in [6, 6.07) is 13.8. The number of phenols is 1. The third-order valence-electron chi connectivity index (χ3n) is 3.32. The van der Waals surface area contributed by atoms with E-state index in [-0.39, 0.29) is 16.8 Å². The lowest BCUT2D eigenvalue weighted by Crippen LogP contribution is -2.14. The molecule has 0 aliphatic rings. The number of nitrogens with zero attached hydrogens (tertiary/aromatic N) is 4. The lowest BCUT2D eigenvalue weighted by atomic mass is 10.1. The molecule has 3 rings (SSSR count). The minimum absolute atomic E-state index is 0.00718. The van der Waals surface area contributed by atoms with E-state index in [4.69, 9.17) is 0 Å². The number of halogens is 1. The van der Waals surface area contributed by atoms with Gasteiger partial charge in [0.05, 0.1) is 10.9 Å². The Labute approximate surface area is 151 Å². The van der Waals surface area contributed by atoms with E-state index in [9.17, 15) is 9.90 Å². The van der Waals surface area contributed by atoms with Crippen LogP contribution in [0.4, 0.5) is 0 Å². The molecule has 3 aromatic rings. The molecule has 0 fully saturated rings. The van der Waals surface area contributed by atoms with Crippen molar-refractivity contribution in [2.75, 3.05) is 0 Å². The van der Waals surface area contributed by atoms with Gasteiger partial charge < -0.3 is 5.11 Å². The third kappa shape index (κ3) is 3.65. The standard InChI is InChI=1S/C16H13BrN4O2S/c1-10(15(23)11-2-4-12(17)5-3-11)24-16-18-19-20-21(16)13-6-8-14(22)9-7-13/h2-10,22H,1H3/t10-/m1/s1. The highest BCUT2D eigenvalue weighted by atomic mass is 79.9. The molecule has 1 aromatic heterocycles. The number of aromatic hydroxyl groups is 1. The molecule has 1 heterocycles. The van der Waals surface area contributed by atoms with Crippen molar-refractivity contribution < 1.29 is 9.90 Å². The highest BCUT2D eigenvalue weighted by Gasteiger charge is 2.20. The minimum Gasteiger partial charge on any atom is -0.508 e. The molecule has 0 aliphatic carbocycles. The zero-order valence-corrected chi connectivity index (χ0v) is 15.0. The number of Topliss-reactive ketones (excluding diaryl/α,β-unsaturated/α-hetero) is 1. The number of tetrazole rings is 1. The highest BCUT2D eigenvalue weighted by molar-refractivity contribution is 9.10. The van der Waals surface area contributed by atoms with E-state index in [1.54, 1.807) is 36.4 Å². The molecule has 1 atom stereocenters. The third-order valence-corrected chi connectivity index (χ3v) is 4.88. The van der Waals surface area contributed by atoms with Crippen molar-refractivity contribution in [1.82, 2.24) is 20.2 Å². The maximum Gasteiger partial charge on any atom is 0.214 e. The summed E-state index contributed by atoms with van der Waals surface area (Å²) < 4.78 is 2.46. The lowest BCUT2D eigenvalue weighted by molar-refractivity contribution is 0.0994. The monoisotopic (exact) mass is 404 g/mol. The van der Waals surface area contributed by atoms with Crippen LogP contribution < -0.4 is 0 Å². The SMILES string of the molecule is C[C@@H](Sc1nnnn1-c1ccc(O)cc1)C(=O)c1ccc(Br)cc1. The molecule has 0 spiro atoms. The Morgan fingerprint density at radius 3 is 2.50 bits per heavy atom.